The molecule has 0 radical (unpaired) electrons. The van der Waals surface area contributed by atoms with Crippen molar-refractivity contribution in [3.05, 3.63) is 99.0 Å². The summed E-state index contributed by atoms with van der Waals surface area (Å²) >= 11 is 12.5. The number of hydrogen-bond acceptors (Lipinski definition) is 4. The average molecular weight is 493 g/mol. The summed E-state index contributed by atoms with van der Waals surface area (Å²) in [5.41, 5.74) is 6.35. The van der Waals surface area contributed by atoms with Gasteiger partial charge in [0.25, 0.3) is 0 Å². The average Bonchev–Trinajstić information content (AvgIpc) is 3.40. The van der Waals surface area contributed by atoms with Crippen molar-refractivity contribution in [3.8, 4) is 0 Å². The molecular weight excluding hydrogens is 463 g/mol. The van der Waals surface area contributed by atoms with Crippen LogP contribution in [0.4, 0.5) is 5.69 Å². The molecule has 4 nitrogen and oxygen atoms in total. The molecule has 2 heterocycles. The SMILES string of the molecule is CCc1cc(Cl)ccc1N1CCN(Cc2ccc(C3=NCCN3)cc2)C[C@H]1c1ccc(Cl)cc1. The van der Waals surface area contributed by atoms with E-state index in [0.717, 1.165) is 61.6 Å². The smallest absolute Gasteiger partial charge is 0.128 e. The topological polar surface area (TPSA) is 30.9 Å². The van der Waals surface area contributed by atoms with E-state index in [0.29, 0.717) is 0 Å². The fraction of sp³-hybridized carbons (Fsp3) is 0.321. The van der Waals surface area contributed by atoms with Crippen LogP contribution in [0.5, 0.6) is 0 Å². The van der Waals surface area contributed by atoms with Crippen LogP contribution in [0.2, 0.25) is 10.0 Å². The molecule has 34 heavy (non-hydrogen) atoms. The zero-order valence-corrected chi connectivity index (χ0v) is 21.0. The number of aliphatic imine (C=N–C) groups is 1. The Balaban J connectivity index is 1.38. The first-order valence-corrected chi connectivity index (χ1v) is 12.8. The van der Waals surface area contributed by atoms with Gasteiger partial charge in [-0.05, 0) is 53.4 Å². The first-order valence-electron chi connectivity index (χ1n) is 12.0. The number of benzene rings is 3. The highest BCUT2D eigenvalue weighted by atomic mass is 35.5. The number of aryl methyl sites for hydroxylation is 1. The zero-order valence-electron chi connectivity index (χ0n) is 19.5. The van der Waals surface area contributed by atoms with Gasteiger partial charge >= 0.3 is 0 Å². The van der Waals surface area contributed by atoms with Crippen molar-refractivity contribution in [2.45, 2.75) is 25.9 Å². The Kier molecular flexibility index (Phi) is 7.10. The minimum absolute atomic E-state index is 0.244. The molecule has 1 N–H and O–H groups in total. The third-order valence-corrected chi connectivity index (χ3v) is 7.25. The number of anilines is 1. The number of hydrogen-bond donors (Lipinski definition) is 1. The summed E-state index contributed by atoms with van der Waals surface area (Å²) in [6.07, 6.45) is 0.954. The normalized spacial score (nSPS) is 18.6. The maximum absolute atomic E-state index is 6.32. The van der Waals surface area contributed by atoms with E-state index < -0.39 is 0 Å². The van der Waals surface area contributed by atoms with Crippen molar-refractivity contribution in [2.24, 2.45) is 4.99 Å². The third-order valence-electron chi connectivity index (χ3n) is 6.76. The Labute approximate surface area is 212 Å². The van der Waals surface area contributed by atoms with Crippen LogP contribution in [0.1, 0.15) is 35.2 Å². The molecule has 0 bridgehead atoms. The van der Waals surface area contributed by atoms with Crippen LogP contribution in [0.3, 0.4) is 0 Å². The van der Waals surface area contributed by atoms with Gasteiger partial charge in [0.05, 0.1) is 12.6 Å². The van der Waals surface area contributed by atoms with Gasteiger partial charge in [0.2, 0.25) is 0 Å². The molecule has 176 valence electrons. The lowest BCUT2D eigenvalue weighted by Gasteiger charge is -2.44. The number of nitrogens with zero attached hydrogens (tertiary/aromatic N) is 3. The second-order valence-electron chi connectivity index (χ2n) is 8.98. The van der Waals surface area contributed by atoms with E-state index in [4.69, 9.17) is 23.2 Å². The van der Waals surface area contributed by atoms with Crippen LogP contribution in [0, 0.1) is 0 Å². The molecular formula is C28H30Cl2N4. The molecule has 0 aliphatic carbocycles. The van der Waals surface area contributed by atoms with Gasteiger partial charge in [0.15, 0.2) is 0 Å². The molecule has 0 amide bonds. The van der Waals surface area contributed by atoms with E-state index in [1.807, 2.05) is 18.2 Å². The second kappa shape index (κ2) is 10.4. The molecule has 0 spiro atoms. The summed E-state index contributed by atoms with van der Waals surface area (Å²) in [5, 5.41) is 4.92. The second-order valence-corrected chi connectivity index (χ2v) is 9.85. The standard InChI is InChI=1S/C28H30Cl2N4/c1-2-21-17-25(30)11-12-26(21)34-16-15-33(19-27(34)22-7-9-24(29)10-8-22)18-20-3-5-23(6-4-20)28-31-13-14-32-28/h3-12,17,27H,2,13-16,18-19H2,1H3,(H,31,32)/t27-/m0/s1. The number of rotatable bonds is 6. The van der Waals surface area contributed by atoms with Gasteiger partial charge in [0.1, 0.15) is 5.84 Å². The first kappa shape index (κ1) is 23.2. The van der Waals surface area contributed by atoms with E-state index >= 15 is 0 Å². The molecule has 0 unspecified atom stereocenters. The van der Waals surface area contributed by atoms with Gasteiger partial charge in [-0.25, -0.2) is 0 Å². The van der Waals surface area contributed by atoms with Gasteiger partial charge < -0.3 is 10.2 Å². The maximum Gasteiger partial charge on any atom is 0.128 e. The molecule has 0 aromatic heterocycles. The molecule has 2 aliphatic heterocycles. The molecule has 5 rings (SSSR count). The van der Waals surface area contributed by atoms with Gasteiger partial charge in [-0.2, -0.15) is 0 Å². The Morgan fingerprint density at radius 3 is 2.41 bits per heavy atom. The minimum Gasteiger partial charge on any atom is -0.368 e. The van der Waals surface area contributed by atoms with Crippen molar-refractivity contribution >= 4 is 34.7 Å². The van der Waals surface area contributed by atoms with Gasteiger partial charge in [-0.3, -0.25) is 9.89 Å². The van der Waals surface area contributed by atoms with E-state index in [-0.39, 0.29) is 6.04 Å². The molecule has 2 aliphatic rings. The van der Waals surface area contributed by atoms with Crippen molar-refractivity contribution in [1.82, 2.24) is 10.2 Å². The molecule has 6 heteroatoms. The predicted molar refractivity (Wildman–Crippen MR) is 143 cm³/mol. The Morgan fingerprint density at radius 1 is 0.941 bits per heavy atom. The van der Waals surface area contributed by atoms with Gasteiger partial charge in [-0.1, -0.05) is 66.5 Å². The van der Waals surface area contributed by atoms with Gasteiger partial charge in [0, 0.05) is 54.0 Å². The molecule has 0 saturated carbocycles. The summed E-state index contributed by atoms with van der Waals surface area (Å²) in [6.45, 7) is 7.83. The molecule has 1 saturated heterocycles. The maximum atomic E-state index is 6.32. The largest absolute Gasteiger partial charge is 0.368 e. The summed E-state index contributed by atoms with van der Waals surface area (Å²) in [6, 6.07) is 23.7. The van der Waals surface area contributed by atoms with Crippen molar-refractivity contribution in [1.29, 1.82) is 0 Å². The minimum atomic E-state index is 0.244. The Hall–Kier alpha value is -2.53. The summed E-state index contributed by atoms with van der Waals surface area (Å²) in [4.78, 5) is 9.63. The molecule has 3 aromatic carbocycles. The van der Waals surface area contributed by atoms with E-state index in [1.54, 1.807) is 0 Å². The number of piperazine rings is 1. The molecule has 1 atom stereocenters. The number of halogens is 2. The number of nitrogens with one attached hydrogen (secondary N) is 1. The Bertz CT molecular complexity index is 1160. The van der Waals surface area contributed by atoms with Crippen molar-refractivity contribution in [3.63, 3.8) is 0 Å². The lowest BCUT2D eigenvalue weighted by Crippen LogP contribution is -2.48. The summed E-state index contributed by atoms with van der Waals surface area (Å²) in [5.74, 6) is 1.01. The quantitative estimate of drug-likeness (QED) is 0.459. The van der Waals surface area contributed by atoms with Crippen LogP contribution in [0.25, 0.3) is 0 Å². The van der Waals surface area contributed by atoms with Crippen LogP contribution in [-0.4, -0.2) is 43.5 Å². The fourth-order valence-electron chi connectivity index (χ4n) is 4.98. The first-order chi connectivity index (χ1) is 16.6. The lowest BCUT2D eigenvalue weighted by atomic mass is 9.99. The van der Waals surface area contributed by atoms with Crippen LogP contribution in [-0.2, 0) is 13.0 Å². The molecule has 1 fully saturated rings. The molecule has 3 aromatic rings. The highest BCUT2D eigenvalue weighted by molar-refractivity contribution is 6.31. The van der Waals surface area contributed by atoms with E-state index in [1.165, 1.54) is 27.9 Å². The van der Waals surface area contributed by atoms with Crippen LogP contribution >= 0.6 is 23.2 Å². The third kappa shape index (κ3) is 5.10. The van der Waals surface area contributed by atoms with Crippen LogP contribution < -0.4 is 10.2 Å². The summed E-state index contributed by atoms with van der Waals surface area (Å²) < 4.78 is 0. The zero-order chi connectivity index (χ0) is 23.5. The van der Waals surface area contributed by atoms with Crippen molar-refractivity contribution in [2.75, 3.05) is 37.6 Å². The highest BCUT2D eigenvalue weighted by Gasteiger charge is 2.29. The predicted octanol–water partition coefficient (Wildman–Crippen LogP) is 5.97. The Morgan fingerprint density at radius 2 is 1.71 bits per heavy atom. The number of amidine groups is 1. The highest BCUT2D eigenvalue weighted by Crippen LogP contribution is 2.35. The van der Waals surface area contributed by atoms with Crippen molar-refractivity contribution < 1.29 is 0 Å². The lowest BCUT2D eigenvalue weighted by molar-refractivity contribution is 0.215. The van der Waals surface area contributed by atoms with E-state index in [2.05, 4.69) is 75.6 Å². The van der Waals surface area contributed by atoms with Crippen LogP contribution in [0.15, 0.2) is 71.7 Å². The summed E-state index contributed by atoms with van der Waals surface area (Å²) in [7, 11) is 0. The fourth-order valence-corrected chi connectivity index (χ4v) is 5.30. The van der Waals surface area contributed by atoms with Gasteiger partial charge in [-0.15, -0.1) is 0 Å². The van der Waals surface area contributed by atoms with E-state index in [9.17, 15) is 0 Å². The monoisotopic (exact) mass is 492 g/mol.